The maximum absolute atomic E-state index is 13.9. The first-order valence-corrected chi connectivity index (χ1v) is 8.60. The highest BCUT2D eigenvalue weighted by atomic mass is 35.5. The molecule has 2 aromatic rings. The first kappa shape index (κ1) is 19.9. The molecular formula is C19H21ClFN2O3+. The number of carbonyl (C=O) groups excluding carboxylic acids is 2. The second-order valence-corrected chi connectivity index (χ2v) is 6.23. The highest BCUT2D eigenvalue weighted by Gasteiger charge is 2.18. The molecule has 0 saturated carbocycles. The summed E-state index contributed by atoms with van der Waals surface area (Å²) in [5.41, 5.74) is 1.04. The molecule has 0 aliphatic rings. The molecule has 1 unspecified atom stereocenters. The number of amides is 1. The molecule has 0 aliphatic carbocycles. The van der Waals surface area contributed by atoms with Crippen molar-refractivity contribution in [3.63, 3.8) is 0 Å². The minimum atomic E-state index is -0.498. The van der Waals surface area contributed by atoms with Crippen molar-refractivity contribution in [3.8, 4) is 0 Å². The van der Waals surface area contributed by atoms with Crippen molar-refractivity contribution in [1.29, 1.82) is 0 Å². The third-order valence-electron chi connectivity index (χ3n) is 3.70. The highest BCUT2D eigenvalue weighted by Crippen LogP contribution is 2.18. The number of carbonyl (C=O) groups is 2. The van der Waals surface area contributed by atoms with Crippen LogP contribution < -0.4 is 10.2 Å². The van der Waals surface area contributed by atoms with Crippen LogP contribution in [0.4, 0.5) is 10.1 Å². The van der Waals surface area contributed by atoms with Crippen LogP contribution in [0.2, 0.25) is 5.02 Å². The Labute approximate surface area is 156 Å². The fraction of sp³-hybridized carbons (Fsp3) is 0.263. The fourth-order valence-electron chi connectivity index (χ4n) is 2.51. The van der Waals surface area contributed by atoms with Gasteiger partial charge in [-0.25, -0.2) is 9.18 Å². The summed E-state index contributed by atoms with van der Waals surface area (Å²) < 4.78 is 18.8. The van der Waals surface area contributed by atoms with Crippen LogP contribution in [-0.4, -0.2) is 32.1 Å². The predicted octanol–water partition coefficient (Wildman–Crippen LogP) is 2.31. The molecule has 2 N–H and O–H groups in total. The largest absolute Gasteiger partial charge is 0.462 e. The summed E-state index contributed by atoms with van der Waals surface area (Å²) in [6.07, 6.45) is 0. The van der Waals surface area contributed by atoms with Gasteiger partial charge in [0, 0.05) is 0 Å². The van der Waals surface area contributed by atoms with Crippen molar-refractivity contribution in [2.75, 3.05) is 25.5 Å². The Morgan fingerprint density at radius 1 is 1.19 bits per heavy atom. The molecule has 0 heterocycles. The Balaban J connectivity index is 2.02. The number of hydrogen-bond acceptors (Lipinski definition) is 3. The van der Waals surface area contributed by atoms with Gasteiger partial charge in [0.05, 0.1) is 35.5 Å². The zero-order valence-corrected chi connectivity index (χ0v) is 15.4. The number of rotatable bonds is 7. The fourth-order valence-corrected chi connectivity index (χ4v) is 2.74. The van der Waals surface area contributed by atoms with E-state index in [-0.39, 0.29) is 31.2 Å². The normalized spacial score (nSPS) is 11.7. The van der Waals surface area contributed by atoms with Gasteiger partial charge in [-0.15, -0.1) is 0 Å². The summed E-state index contributed by atoms with van der Waals surface area (Å²) in [6, 6.07) is 11.1. The lowest BCUT2D eigenvalue weighted by atomic mass is 10.1. The minimum absolute atomic E-state index is 0.0851. The minimum Gasteiger partial charge on any atom is -0.462 e. The molecule has 0 radical (unpaired) electrons. The van der Waals surface area contributed by atoms with Crippen LogP contribution in [0.5, 0.6) is 0 Å². The summed E-state index contributed by atoms with van der Waals surface area (Å²) in [5.74, 6) is -1.20. The molecule has 0 spiro atoms. The quantitative estimate of drug-likeness (QED) is 0.726. The number of hydrogen-bond donors (Lipinski definition) is 2. The number of likely N-dealkylation sites (N-methyl/N-ethyl adjacent to an activating group) is 1. The van der Waals surface area contributed by atoms with Crippen molar-refractivity contribution in [2.45, 2.75) is 13.5 Å². The molecule has 138 valence electrons. The molecule has 0 aliphatic heterocycles. The average Bonchev–Trinajstić information content (AvgIpc) is 2.59. The van der Waals surface area contributed by atoms with Crippen LogP contribution in [0.15, 0.2) is 42.5 Å². The van der Waals surface area contributed by atoms with Crippen LogP contribution in [0.25, 0.3) is 0 Å². The molecule has 1 atom stereocenters. The van der Waals surface area contributed by atoms with Crippen LogP contribution in [0.1, 0.15) is 22.8 Å². The zero-order valence-electron chi connectivity index (χ0n) is 14.6. The first-order chi connectivity index (χ1) is 12.4. The molecule has 2 aromatic carbocycles. The third-order valence-corrected chi connectivity index (χ3v) is 4.05. The molecule has 0 aromatic heterocycles. The van der Waals surface area contributed by atoms with Crippen LogP contribution in [0.3, 0.4) is 0 Å². The van der Waals surface area contributed by atoms with Gasteiger partial charge in [0.15, 0.2) is 6.54 Å². The number of ether oxygens (including phenoxy) is 1. The number of halogens is 2. The number of benzene rings is 2. The first-order valence-electron chi connectivity index (χ1n) is 8.22. The average molecular weight is 380 g/mol. The van der Waals surface area contributed by atoms with Crippen molar-refractivity contribution >= 4 is 29.2 Å². The Morgan fingerprint density at radius 3 is 2.62 bits per heavy atom. The molecule has 5 nitrogen and oxygen atoms in total. The number of quaternary nitrogens is 1. The van der Waals surface area contributed by atoms with Crippen LogP contribution in [-0.2, 0) is 16.1 Å². The number of anilines is 1. The number of para-hydroxylation sites is 1. The Hall–Kier alpha value is -2.44. The molecule has 2 rings (SSSR count). The van der Waals surface area contributed by atoms with Crippen molar-refractivity contribution in [3.05, 3.63) is 64.4 Å². The Bertz CT molecular complexity index is 778. The number of esters is 1. The summed E-state index contributed by atoms with van der Waals surface area (Å²) in [5, 5.41) is 3.04. The van der Waals surface area contributed by atoms with Gasteiger partial charge in [0.1, 0.15) is 12.4 Å². The van der Waals surface area contributed by atoms with E-state index in [1.54, 1.807) is 44.3 Å². The molecule has 7 heteroatoms. The maximum Gasteiger partial charge on any atom is 0.340 e. The molecule has 0 bridgehead atoms. The van der Waals surface area contributed by atoms with Gasteiger partial charge in [-0.05, 0) is 31.2 Å². The van der Waals surface area contributed by atoms with E-state index in [1.165, 1.54) is 12.1 Å². The third kappa shape index (κ3) is 5.28. The van der Waals surface area contributed by atoms with Crippen molar-refractivity contribution < 1.29 is 23.6 Å². The summed E-state index contributed by atoms with van der Waals surface area (Å²) in [6.45, 7) is 2.31. The molecule has 0 fully saturated rings. The molecule has 1 amide bonds. The highest BCUT2D eigenvalue weighted by molar-refractivity contribution is 6.31. The lowest BCUT2D eigenvalue weighted by Gasteiger charge is -2.16. The van der Waals surface area contributed by atoms with E-state index in [1.807, 2.05) is 0 Å². The van der Waals surface area contributed by atoms with Gasteiger partial charge in [-0.1, -0.05) is 29.8 Å². The summed E-state index contributed by atoms with van der Waals surface area (Å²) in [4.78, 5) is 25.0. The second-order valence-electron chi connectivity index (χ2n) is 5.83. The predicted molar refractivity (Wildman–Crippen MR) is 97.9 cm³/mol. The van der Waals surface area contributed by atoms with E-state index in [9.17, 15) is 14.0 Å². The van der Waals surface area contributed by atoms with E-state index in [0.29, 0.717) is 16.3 Å². The van der Waals surface area contributed by atoms with Crippen molar-refractivity contribution in [2.24, 2.45) is 0 Å². The van der Waals surface area contributed by atoms with E-state index in [2.05, 4.69) is 5.32 Å². The van der Waals surface area contributed by atoms with Gasteiger partial charge in [-0.2, -0.15) is 0 Å². The van der Waals surface area contributed by atoms with E-state index in [0.717, 1.165) is 4.90 Å². The molecule has 26 heavy (non-hydrogen) atoms. The molecule has 0 saturated heterocycles. The smallest absolute Gasteiger partial charge is 0.340 e. The van der Waals surface area contributed by atoms with E-state index in [4.69, 9.17) is 16.3 Å². The number of nitrogens with one attached hydrogen (secondary N) is 2. The van der Waals surface area contributed by atoms with Gasteiger partial charge >= 0.3 is 5.97 Å². The lowest BCUT2D eigenvalue weighted by molar-refractivity contribution is -0.885. The van der Waals surface area contributed by atoms with Crippen LogP contribution >= 0.6 is 11.6 Å². The Kier molecular flexibility index (Phi) is 7.12. The Morgan fingerprint density at radius 2 is 1.92 bits per heavy atom. The van der Waals surface area contributed by atoms with Crippen molar-refractivity contribution in [1.82, 2.24) is 0 Å². The summed E-state index contributed by atoms with van der Waals surface area (Å²) >= 11 is 6.02. The van der Waals surface area contributed by atoms with Gasteiger partial charge in [-0.3, -0.25) is 4.79 Å². The lowest BCUT2D eigenvalue weighted by Crippen LogP contribution is -3.08. The monoisotopic (exact) mass is 379 g/mol. The second kappa shape index (κ2) is 9.31. The van der Waals surface area contributed by atoms with Gasteiger partial charge in [0.25, 0.3) is 5.91 Å². The standard InChI is InChI=1S/C19H20ClFN2O3/c1-3-26-19(25)13-7-4-5-10-17(13)22-18(24)12-23(2)11-14-15(20)8-6-9-16(14)21/h4-10H,3,11-12H2,1-2H3,(H,22,24)/p+1. The molecular weight excluding hydrogens is 359 g/mol. The SMILES string of the molecule is CCOC(=O)c1ccccc1NC(=O)C[NH+](C)Cc1c(F)cccc1Cl. The maximum atomic E-state index is 13.9. The van der Waals surface area contributed by atoms with Gasteiger partial charge in [0.2, 0.25) is 0 Å². The van der Waals surface area contributed by atoms with Crippen LogP contribution in [0, 0.1) is 5.82 Å². The summed E-state index contributed by atoms with van der Waals surface area (Å²) in [7, 11) is 1.76. The van der Waals surface area contributed by atoms with E-state index < -0.39 is 11.8 Å². The van der Waals surface area contributed by atoms with Gasteiger partial charge < -0.3 is 15.0 Å². The van der Waals surface area contributed by atoms with E-state index >= 15 is 0 Å². The zero-order chi connectivity index (χ0) is 19.1. The topological polar surface area (TPSA) is 59.8 Å².